The lowest BCUT2D eigenvalue weighted by Gasteiger charge is -2.07. The van der Waals surface area contributed by atoms with Crippen molar-refractivity contribution in [1.82, 2.24) is 0 Å². The summed E-state index contributed by atoms with van der Waals surface area (Å²) < 4.78 is 10.4. The van der Waals surface area contributed by atoms with Crippen LogP contribution in [-0.2, 0) is 11.3 Å². The van der Waals surface area contributed by atoms with Crippen LogP contribution in [0.5, 0.6) is 0 Å². The number of fused-ring (bicyclic) bond motifs is 1. The Balaban J connectivity index is 1.74. The normalized spacial score (nSPS) is 10.6. The zero-order valence-corrected chi connectivity index (χ0v) is 12.3. The maximum absolute atomic E-state index is 11.8. The van der Waals surface area contributed by atoms with E-state index >= 15 is 0 Å². The molecule has 3 rings (SSSR count). The first-order valence-corrected chi connectivity index (χ1v) is 7.24. The van der Waals surface area contributed by atoms with Crippen LogP contribution in [0.15, 0.2) is 59.2 Å². The number of nitrogens with one attached hydrogen (secondary N) is 1. The molecule has 4 nitrogen and oxygen atoms in total. The summed E-state index contributed by atoms with van der Waals surface area (Å²) in [6.07, 6.45) is 1.50. The highest BCUT2D eigenvalue weighted by atomic mass is 16.5. The summed E-state index contributed by atoms with van der Waals surface area (Å²) in [5, 5.41) is 5.63. The molecule has 0 fully saturated rings. The van der Waals surface area contributed by atoms with Crippen LogP contribution < -0.4 is 5.32 Å². The second kappa shape index (κ2) is 6.35. The molecule has 0 amide bonds. The van der Waals surface area contributed by atoms with E-state index in [9.17, 15) is 4.79 Å². The molecule has 1 N–H and O–H groups in total. The van der Waals surface area contributed by atoms with E-state index in [0.29, 0.717) is 24.5 Å². The Morgan fingerprint density at radius 1 is 1.14 bits per heavy atom. The van der Waals surface area contributed by atoms with Gasteiger partial charge in [0.1, 0.15) is 11.3 Å². The van der Waals surface area contributed by atoms with Gasteiger partial charge in [-0.05, 0) is 35.9 Å². The van der Waals surface area contributed by atoms with E-state index < -0.39 is 0 Å². The van der Waals surface area contributed by atoms with Gasteiger partial charge in [-0.3, -0.25) is 0 Å². The number of ether oxygens (including phenoxy) is 1. The third-order valence-corrected chi connectivity index (χ3v) is 3.44. The predicted molar refractivity (Wildman–Crippen MR) is 85.9 cm³/mol. The minimum atomic E-state index is -0.355. The average molecular weight is 295 g/mol. The summed E-state index contributed by atoms with van der Waals surface area (Å²) in [6, 6.07) is 15.9. The second-order valence-electron chi connectivity index (χ2n) is 4.89. The molecule has 1 aromatic heterocycles. The molecular weight excluding hydrogens is 278 g/mol. The number of hydrogen-bond acceptors (Lipinski definition) is 4. The summed E-state index contributed by atoms with van der Waals surface area (Å²) in [7, 11) is 0. The van der Waals surface area contributed by atoms with Gasteiger partial charge in [0.2, 0.25) is 0 Å². The predicted octanol–water partition coefficient (Wildman–Crippen LogP) is 4.22. The Morgan fingerprint density at radius 3 is 2.77 bits per heavy atom. The highest BCUT2D eigenvalue weighted by molar-refractivity contribution is 5.90. The van der Waals surface area contributed by atoms with Crippen molar-refractivity contribution in [2.75, 3.05) is 11.9 Å². The van der Waals surface area contributed by atoms with Crippen LogP contribution in [0.2, 0.25) is 0 Å². The van der Waals surface area contributed by atoms with E-state index in [1.54, 1.807) is 13.0 Å². The molecule has 0 aliphatic carbocycles. The van der Waals surface area contributed by atoms with Gasteiger partial charge in [-0.15, -0.1) is 0 Å². The summed E-state index contributed by atoms with van der Waals surface area (Å²) >= 11 is 0. The third-order valence-electron chi connectivity index (χ3n) is 3.44. The van der Waals surface area contributed by atoms with E-state index in [4.69, 9.17) is 9.15 Å². The van der Waals surface area contributed by atoms with Crippen molar-refractivity contribution >= 4 is 22.4 Å². The minimum absolute atomic E-state index is 0.349. The molecule has 0 bridgehead atoms. The maximum atomic E-state index is 11.8. The lowest BCUT2D eigenvalue weighted by molar-refractivity contribution is 0.0524. The van der Waals surface area contributed by atoms with Crippen molar-refractivity contribution < 1.29 is 13.9 Å². The Morgan fingerprint density at radius 2 is 1.95 bits per heavy atom. The lowest BCUT2D eigenvalue weighted by Crippen LogP contribution is -2.08. The molecule has 0 spiro atoms. The van der Waals surface area contributed by atoms with E-state index in [1.807, 2.05) is 18.2 Å². The van der Waals surface area contributed by atoms with Gasteiger partial charge < -0.3 is 14.5 Å². The Hall–Kier alpha value is -2.75. The largest absolute Gasteiger partial charge is 0.467 e. The van der Waals surface area contributed by atoms with Gasteiger partial charge in [0.15, 0.2) is 0 Å². The van der Waals surface area contributed by atoms with Crippen molar-refractivity contribution in [2.24, 2.45) is 0 Å². The van der Waals surface area contributed by atoms with Gasteiger partial charge in [-0.25, -0.2) is 4.79 Å². The molecule has 0 aliphatic heterocycles. The molecule has 0 saturated carbocycles. The molecule has 3 aromatic rings. The van der Waals surface area contributed by atoms with Gasteiger partial charge in [0, 0.05) is 5.69 Å². The van der Waals surface area contributed by atoms with E-state index in [-0.39, 0.29) is 5.97 Å². The summed E-state index contributed by atoms with van der Waals surface area (Å²) in [5.74, 6) is 0.221. The SMILES string of the molecule is CCOC(=O)c1ccoc1CNc1ccc2ccccc2c1. The van der Waals surface area contributed by atoms with Gasteiger partial charge in [0.05, 0.1) is 19.4 Å². The summed E-state index contributed by atoms with van der Waals surface area (Å²) in [6.45, 7) is 2.56. The van der Waals surface area contributed by atoms with Gasteiger partial charge in [-0.2, -0.15) is 0 Å². The van der Waals surface area contributed by atoms with Gasteiger partial charge >= 0.3 is 5.97 Å². The zero-order valence-electron chi connectivity index (χ0n) is 12.3. The number of anilines is 1. The van der Waals surface area contributed by atoms with E-state index in [2.05, 4.69) is 29.6 Å². The fourth-order valence-corrected chi connectivity index (χ4v) is 2.35. The van der Waals surface area contributed by atoms with Gasteiger partial charge in [0.25, 0.3) is 0 Å². The molecule has 4 heteroatoms. The molecule has 0 atom stereocenters. The molecule has 0 radical (unpaired) electrons. The van der Waals surface area contributed by atoms with E-state index in [1.165, 1.54) is 11.6 Å². The topological polar surface area (TPSA) is 51.5 Å². The Kier molecular flexibility index (Phi) is 4.10. The number of carbonyl (C=O) groups is 1. The van der Waals surface area contributed by atoms with Crippen LogP contribution in [-0.4, -0.2) is 12.6 Å². The lowest BCUT2D eigenvalue weighted by atomic mass is 10.1. The molecule has 0 aliphatic rings. The average Bonchev–Trinajstić information content (AvgIpc) is 3.01. The number of esters is 1. The maximum Gasteiger partial charge on any atom is 0.341 e. The van der Waals surface area contributed by atoms with Crippen molar-refractivity contribution in [3.63, 3.8) is 0 Å². The molecule has 112 valence electrons. The summed E-state index contributed by atoms with van der Waals surface area (Å²) in [4.78, 5) is 11.8. The molecule has 0 unspecified atom stereocenters. The van der Waals surface area contributed by atoms with E-state index in [0.717, 1.165) is 11.1 Å². The minimum Gasteiger partial charge on any atom is -0.467 e. The van der Waals surface area contributed by atoms with Crippen molar-refractivity contribution in [2.45, 2.75) is 13.5 Å². The van der Waals surface area contributed by atoms with Crippen LogP contribution in [0.1, 0.15) is 23.0 Å². The fourth-order valence-electron chi connectivity index (χ4n) is 2.35. The second-order valence-corrected chi connectivity index (χ2v) is 4.89. The molecule has 22 heavy (non-hydrogen) atoms. The highest BCUT2D eigenvalue weighted by Crippen LogP contribution is 2.20. The third kappa shape index (κ3) is 2.96. The smallest absolute Gasteiger partial charge is 0.341 e. The van der Waals surface area contributed by atoms with Crippen LogP contribution in [0.25, 0.3) is 10.8 Å². The first-order chi connectivity index (χ1) is 10.8. The monoisotopic (exact) mass is 295 g/mol. The number of carbonyl (C=O) groups excluding carboxylic acids is 1. The van der Waals surface area contributed by atoms with Crippen molar-refractivity contribution in [3.05, 3.63) is 66.1 Å². The molecular formula is C18H17NO3. The van der Waals surface area contributed by atoms with Crippen LogP contribution >= 0.6 is 0 Å². The van der Waals surface area contributed by atoms with Crippen molar-refractivity contribution in [1.29, 1.82) is 0 Å². The summed E-state index contributed by atoms with van der Waals surface area (Å²) in [5.41, 5.74) is 1.44. The number of furan rings is 1. The molecule has 2 aromatic carbocycles. The van der Waals surface area contributed by atoms with Crippen molar-refractivity contribution in [3.8, 4) is 0 Å². The zero-order chi connectivity index (χ0) is 15.4. The van der Waals surface area contributed by atoms with Crippen LogP contribution in [0, 0.1) is 0 Å². The molecule has 0 saturated heterocycles. The number of hydrogen-bond donors (Lipinski definition) is 1. The van der Waals surface area contributed by atoms with Crippen LogP contribution in [0.4, 0.5) is 5.69 Å². The molecule has 1 heterocycles. The number of benzene rings is 2. The Bertz CT molecular complexity index is 792. The first-order valence-electron chi connectivity index (χ1n) is 7.24. The standard InChI is InChI=1S/C18H17NO3/c1-2-21-18(20)16-9-10-22-17(16)12-19-15-8-7-13-5-3-4-6-14(13)11-15/h3-11,19H,2,12H2,1H3. The van der Waals surface area contributed by atoms with Crippen LogP contribution in [0.3, 0.4) is 0 Å². The quantitative estimate of drug-likeness (QED) is 0.716. The Labute approximate surface area is 128 Å². The van der Waals surface area contributed by atoms with Gasteiger partial charge in [-0.1, -0.05) is 30.3 Å². The first kappa shape index (κ1) is 14.2. The highest BCUT2D eigenvalue weighted by Gasteiger charge is 2.15. The number of rotatable bonds is 5. The fraction of sp³-hybridized carbons (Fsp3) is 0.167.